The zero-order chi connectivity index (χ0) is 13.0. The van der Waals surface area contributed by atoms with Gasteiger partial charge in [0.05, 0.1) is 6.61 Å². The van der Waals surface area contributed by atoms with Crippen LogP contribution < -0.4 is 4.74 Å². The summed E-state index contributed by atoms with van der Waals surface area (Å²) in [5.74, 6) is 2.33. The molecular weight excluding hydrogens is 246 g/mol. The minimum Gasteiger partial charge on any atom is -0.493 e. The van der Waals surface area contributed by atoms with Gasteiger partial charge < -0.3 is 4.74 Å². The Balaban J connectivity index is 2.10. The maximum absolute atomic E-state index is 5.89. The molecule has 3 heteroatoms. The second-order valence-electron chi connectivity index (χ2n) is 5.15. The molecule has 0 radical (unpaired) electrons. The predicted octanol–water partition coefficient (Wildman–Crippen LogP) is 3.50. The number of para-hydroxylation sites is 1. The third kappa shape index (κ3) is 3.18. The monoisotopic (exact) mass is 267 g/mol. The fourth-order valence-corrected chi connectivity index (χ4v) is 2.77. The van der Waals surface area contributed by atoms with E-state index in [4.69, 9.17) is 16.3 Å². The number of nitrogens with zero attached hydrogens (tertiary/aromatic N) is 1. The number of alkyl halides is 1. The number of benzene rings is 1. The minimum atomic E-state index is 0.541. The Bertz CT molecular complexity index is 381. The van der Waals surface area contributed by atoms with Crippen molar-refractivity contribution in [2.75, 3.05) is 25.6 Å². The molecule has 0 aliphatic carbocycles. The average molecular weight is 268 g/mol. The summed E-state index contributed by atoms with van der Waals surface area (Å²) in [4.78, 5) is 2.46. The van der Waals surface area contributed by atoms with E-state index in [-0.39, 0.29) is 0 Å². The van der Waals surface area contributed by atoms with E-state index in [9.17, 15) is 0 Å². The Labute approximate surface area is 115 Å². The summed E-state index contributed by atoms with van der Waals surface area (Å²) in [5, 5.41) is 0. The molecule has 1 aliphatic heterocycles. The molecule has 2 rings (SSSR count). The van der Waals surface area contributed by atoms with E-state index in [1.54, 1.807) is 0 Å². The van der Waals surface area contributed by atoms with Gasteiger partial charge in [-0.25, -0.2) is 0 Å². The van der Waals surface area contributed by atoms with Crippen LogP contribution in [0.4, 0.5) is 0 Å². The quantitative estimate of drug-likeness (QED) is 0.757. The van der Waals surface area contributed by atoms with Gasteiger partial charge in [0, 0.05) is 30.9 Å². The SMILES string of the molecule is CC(C)N(CCCl)CC1CCOc2ccccc21. The molecule has 18 heavy (non-hydrogen) atoms. The molecular formula is C15H22ClNO. The van der Waals surface area contributed by atoms with Gasteiger partial charge in [-0.05, 0) is 31.9 Å². The molecule has 0 fully saturated rings. The number of hydrogen-bond donors (Lipinski definition) is 0. The molecule has 0 N–H and O–H groups in total. The molecule has 0 saturated carbocycles. The fourth-order valence-electron chi connectivity index (χ4n) is 2.56. The second kappa shape index (κ2) is 6.44. The molecule has 0 saturated heterocycles. The fraction of sp³-hybridized carbons (Fsp3) is 0.600. The lowest BCUT2D eigenvalue weighted by Gasteiger charge is -2.33. The van der Waals surface area contributed by atoms with E-state index >= 15 is 0 Å². The Hall–Kier alpha value is -0.730. The van der Waals surface area contributed by atoms with Crippen LogP contribution in [-0.2, 0) is 0 Å². The van der Waals surface area contributed by atoms with Crippen molar-refractivity contribution in [2.45, 2.75) is 32.2 Å². The highest BCUT2D eigenvalue weighted by Gasteiger charge is 2.23. The number of rotatable bonds is 5. The molecule has 1 aromatic carbocycles. The normalized spacial score (nSPS) is 18.8. The Morgan fingerprint density at radius 1 is 1.39 bits per heavy atom. The first kappa shape index (κ1) is 13.7. The van der Waals surface area contributed by atoms with E-state index in [0.29, 0.717) is 17.8 Å². The van der Waals surface area contributed by atoms with E-state index in [1.807, 2.05) is 6.07 Å². The van der Waals surface area contributed by atoms with E-state index in [0.717, 1.165) is 31.9 Å². The van der Waals surface area contributed by atoms with Gasteiger partial charge in [0.2, 0.25) is 0 Å². The van der Waals surface area contributed by atoms with Crippen LogP contribution in [0.1, 0.15) is 31.7 Å². The van der Waals surface area contributed by atoms with Crippen LogP contribution in [-0.4, -0.2) is 36.5 Å². The third-order valence-corrected chi connectivity index (χ3v) is 3.81. The number of ether oxygens (including phenoxy) is 1. The molecule has 0 spiro atoms. The van der Waals surface area contributed by atoms with Gasteiger partial charge >= 0.3 is 0 Å². The standard InChI is InChI=1S/C15H22ClNO/c1-12(2)17(9-8-16)11-13-7-10-18-15-6-4-3-5-14(13)15/h3-6,12-13H,7-11H2,1-2H3. The first-order chi connectivity index (χ1) is 8.72. The number of fused-ring (bicyclic) bond motifs is 1. The summed E-state index contributed by atoms with van der Waals surface area (Å²) in [6, 6.07) is 8.95. The molecule has 0 amide bonds. The maximum Gasteiger partial charge on any atom is 0.122 e. The lowest BCUT2D eigenvalue weighted by molar-refractivity contribution is 0.189. The van der Waals surface area contributed by atoms with E-state index < -0.39 is 0 Å². The number of halogens is 1. The smallest absolute Gasteiger partial charge is 0.122 e. The predicted molar refractivity (Wildman–Crippen MR) is 76.7 cm³/mol. The third-order valence-electron chi connectivity index (χ3n) is 3.64. The van der Waals surface area contributed by atoms with Crippen molar-refractivity contribution in [2.24, 2.45) is 0 Å². The Kier molecular flexibility index (Phi) is 4.90. The summed E-state index contributed by atoms with van der Waals surface area (Å²) in [5.41, 5.74) is 1.35. The van der Waals surface area contributed by atoms with Crippen molar-refractivity contribution in [3.05, 3.63) is 29.8 Å². The minimum absolute atomic E-state index is 0.541. The summed E-state index contributed by atoms with van der Waals surface area (Å²) in [7, 11) is 0. The summed E-state index contributed by atoms with van der Waals surface area (Å²) in [6.45, 7) is 7.33. The molecule has 1 unspecified atom stereocenters. The molecule has 1 heterocycles. The zero-order valence-electron chi connectivity index (χ0n) is 11.2. The van der Waals surface area contributed by atoms with Crippen LogP contribution in [0.15, 0.2) is 24.3 Å². The second-order valence-corrected chi connectivity index (χ2v) is 5.53. The lowest BCUT2D eigenvalue weighted by Crippen LogP contribution is -2.37. The van der Waals surface area contributed by atoms with E-state index in [1.165, 1.54) is 5.56 Å². The van der Waals surface area contributed by atoms with Crippen LogP contribution in [0, 0.1) is 0 Å². The van der Waals surface area contributed by atoms with Crippen molar-refractivity contribution >= 4 is 11.6 Å². The van der Waals surface area contributed by atoms with Crippen molar-refractivity contribution in [3.8, 4) is 5.75 Å². The highest BCUT2D eigenvalue weighted by Crippen LogP contribution is 2.34. The van der Waals surface area contributed by atoms with Gasteiger partial charge in [0.1, 0.15) is 5.75 Å². The average Bonchev–Trinajstić information content (AvgIpc) is 2.38. The molecule has 0 bridgehead atoms. The van der Waals surface area contributed by atoms with Gasteiger partial charge in [-0.1, -0.05) is 18.2 Å². The summed E-state index contributed by atoms with van der Waals surface area (Å²) >= 11 is 5.89. The molecule has 2 nitrogen and oxygen atoms in total. The van der Waals surface area contributed by atoms with Crippen LogP contribution >= 0.6 is 11.6 Å². The van der Waals surface area contributed by atoms with Gasteiger partial charge in [0.25, 0.3) is 0 Å². The van der Waals surface area contributed by atoms with Crippen LogP contribution in [0.5, 0.6) is 5.75 Å². The highest BCUT2D eigenvalue weighted by molar-refractivity contribution is 6.18. The lowest BCUT2D eigenvalue weighted by atomic mass is 9.92. The van der Waals surface area contributed by atoms with Gasteiger partial charge in [-0.15, -0.1) is 11.6 Å². The van der Waals surface area contributed by atoms with Crippen LogP contribution in [0.25, 0.3) is 0 Å². The van der Waals surface area contributed by atoms with Gasteiger partial charge in [0.15, 0.2) is 0 Å². The Morgan fingerprint density at radius 2 is 2.17 bits per heavy atom. The highest BCUT2D eigenvalue weighted by atomic mass is 35.5. The summed E-state index contributed by atoms with van der Waals surface area (Å²) < 4.78 is 5.71. The van der Waals surface area contributed by atoms with Crippen molar-refractivity contribution in [1.82, 2.24) is 4.90 Å². The molecule has 0 aromatic heterocycles. The zero-order valence-corrected chi connectivity index (χ0v) is 12.0. The first-order valence-corrected chi connectivity index (χ1v) is 7.27. The van der Waals surface area contributed by atoms with Crippen LogP contribution in [0.2, 0.25) is 0 Å². The van der Waals surface area contributed by atoms with E-state index in [2.05, 4.69) is 36.9 Å². The summed E-state index contributed by atoms with van der Waals surface area (Å²) in [6.07, 6.45) is 1.10. The van der Waals surface area contributed by atoms with Gasteiger partial charge in [-0.2, -0.15) is 0 Å². The first-order valence-electron chi connectivity index (χ1n) is 6.74. The van der Waals surface area contributed by atoms with Crippen LogP contribution in [0.3, 0.4) is 0 Å². The molecule has 1 aromatic rings. The molecule has 1 aliphatic rings. The largest absolute Gasteiger partial charge is 0.493 e. The maximum atomic E-state index is 5.89. The molecule has 100 valence electrons. The van der Waals surface area contributed by atoms with Crippen molar-refractivity contribution < 1.29 is 4.74 Å². The number of hydrogen-bond acceptors (Lipinski definition) is 2. The van der Waals surface area contributed by atoms with Crippen molar-refractivity contribution in [3.63, 3.8) is 0 Å². The molecule has 1 atom stereocenters. The van der Waals surface area contributed by atoms with Gasteiger partial charge in [-0.3, -0.25) is 4.90 Å². The topological polar surface area (TPSA) is 12.5 Å². The van der Waals surface area contributed by atoms with Crippen molar-refractivity contribution in [1.29, 1.82) is 0 Å². The Morgan fingerprint density at radius 3 is 2.89 bits per heavy atom.